The molecule has 6 heteroatoms. The lowest BCUT2D eigenvalue weighted by molar-refractivity contribution is 0.306. The normalized spacial score (nSPS) is 13.5. The van der Waals surface area contributed by atoms with Crippen LogP contribution in [0, 0.1) is 0 Å². The molecule has 298 valence electrons. The average molecular weight is 813 g/mol. The smallest absolute Gasteiger partial charge is 0.126 e. The number of ether oxygens (including phenoxy) is 3. The molecule has 0 fully saturated rings. The predicted octanol–water partition coefficient (Wildman–Crippen LogP) is 12.7. The van der Waals surface area contributed by atoms with Gasteiger partial charge in [0.05, 0.1) is 19.8 Å². The molecule has 5 rings (SSSR count). The van der Waals surface area contributed by atoms with Crippen LogP contribution in [0.2, 0.25) is 0 Å². The molecule has 1 aliphatic rings. The Bertz CT molecular complexity index is 2010. The van der Waals surface area contributed by atoms with Gasteiger partial charge in [-0.1, -0.05) is 119 Å². The Labute approximate surface area is 340 Å². The predicted molar refractivity (Wildman–Crippen MR) is 234 cm³/mol. The highest BCUT2D eigenvalue weighted by Crippen LogP contribution is 2.45. The van der Waals surface area contributed by atoms with Crippen LogP contribution in [0.4, 0.5) is 5.69 Å². The molecule has 0 saturated carbocycles. The van der Waals surface area contributed by atoms with Crippen molar-refractivity contribution in [2.24, 2.45) is 0 Å². The maximum atomic E-state index is 12.3. The third-order valence-corrected chi connectivity index (χ3v) is 11.6. The van der Waals surface area contributed by atoms with Gasteiger partial charge in [-0.3, -0.25) is 0 Å². The maximum absolute atomic E-state index is 12.3. The quantitative estimate of drug-likeness (QED) is 0.115. The van der Waals surface area contributed by atoms with Crippen molar-refractivity contribution in [3.63, 3.8) is 0 Å². The maximum Gasteiger partial charge on any atom is 0.126 e. The molecule has 55 heavy (non-hydrogen) atoms. The van der Waals surface area contributed by atoms with E-state index in [1.165, 1.54) is 16.7 Å². The van der Waals surface area contributed by atoms with Gasteiger partial charge in [0, 0.05) is 47.0 Å². The number of phenols is 1. The van der Waals surface area contributed by atoms with E-state index in [9.17, 15) is 5.11 Å². The van der Waals surface area contributed by atoms with Gasteiger partial charge in [0.1, 0.15) is 23.0 Å². The second-order valence-electron chi connectivity index (χ2n) is 18.6. The van der Waals surface area contributed by atoms with E-state index < -0.39 is 0 Å². The molecule has 3 N–H and O–H groups in total. The number of nitrogen functional groups attached to an aromatic ring is 1. The van der Waals surface area contributed by atoms with Gasteiger partial charge in [0.2, 0.25) is 0 Å². The second-order valence-corrected chi connectivity index (χ2v) is 19.4. The van der Waals surface area contributed by atoms with Crippen LogP contribution in [-0.2, 0) is 41.9 Å². The van der Waals surface area contributed by atoms with Gasteiger partial charge in [0.25, 0.3) is 0 Å². The molecule has 0 radical (unpaired) electrons. The van der Waals surface area contributed by atoms with E-state index in [0.717, 1.165) is 81.0 Å². The summed E-state index contributed by atoms with van der Waals surface area (Å²) in [6.45, 7) is 28.7. The molecule has 0 unspecified atom stereocenters. The van der Waals surface area contributed by atoms with Gasteiger partial charge >= 0.3 is 0 Å². The Morgan fingerprint density at radius 1 is 0.509 bits per heavy atom. The first-order chi connectivity index (χ1) is 25.8. The fraction of sp³-hybridized carbons (Fsp3) is 0.510. The Balaban J connectivity index is 1.97. The highest BCUT2D eigenvalue weighted by molar-refractivity contribution is 9.10. The van der Waals surface area contributed by atoms with Gasteiger partial charge in [0.15, 0.2) is 0 Å². The summed E-state index contributed by atoms with van der Waals surface area (Å²) in [5, 5.41) is 12.3. The van der Waals surface area contributed by atoms with E-state index in [1.54, 1.807) is 0 Å². The minimum atomic E-state index is -0.129. The lowest BCUT2D eigenvalue weighted by Crippen LogP contribution is -2.17. The molecule has 0 saturated heterocycles. The minimum Gasteiger partial charge on any atom is -0.507 e. The lowest BCUT2D eigenvalue weighted by atomic mass is 9.80. The van der Waals surface area contributed by atoms with E-state index in [2.05, 4.69) is 135 Å². The molecular formula is C49H66BrNO4. The average Bonchev–Trinajstić information content (AvgIpc) is 3.09. The Hall–Kier alpha value is -3.64. The number of rotatable bonds is 9. The fourth-order valence-corrected chi connectivity index (χ4v) is 7.85. The first kappa shape index (κ1) is 42.5. The first-order valence-corrected chi connectivity index (χ1v) is 21.2. The van der Waals surface area contributed by atoms with Crippen LogP contribution in [-0.4, -0.2) is 24.9 Å². The third kappa shape index (κ3) is 9.67. The fourth-order valence-electron chi connectivity index (χ4n) is 7.41. The number of anilines is 1. The SMILES string of the molecule is CCCOc1c2cc(C(C)(C)C)cc1Cc1cc(C(C)(C)C)cc(c1OCCC)Cc1cc(C(C)(C)C)cc(c1OCCC)Cc1c(O)c(cc(N)c1Br)C2. The summed E-state index contributed by atoms with van der Waals surface area (Å²) in [5.41, 5.74) is 18.9. The van der Waals surface area contributed by atoms with Gasteiger partial charge in [-0.2, -0.15) is 0 Å². The zero-order valence-electron chi connectivity index (χ0n) is 35.7. The Morgan fingerprint density at radius 2 is 0.800 bits per heavy atom. The van der Waals surface area contributed by atoms with Gasteiger partial charge in [-0.25, -0.2) is 0 Å². The number of aromatic hydroxyl groups is 1. The number of benzene rings is 4. The van der Waals surface area contributed by atoms with Crippen molar-refractivity contribution in [2.45, 2.75) is 144 Å². The summed E-state index contributed by atoms with van der Waals surface area (Å²) in [6.07, 6.45) is 4.84. The summed E-state index contributed by atoms with van der Waals surface area (Å²) in [6, 6.07) is 15.9. The second kappa shape index (κ2) is 16.8. The molecule has 4 aromatic carbocycles. The van der Waals surface area contributed by atoms with E-state index in [-0.39, 0.29) is 22.0 Å². The largest absolute Gasteiger partial charge is 0.507 e. The van der Waals surface area contributed by atoms with Crippen LogP contribution in [0.5, 0.6) is 23.0 Å². The summed E-state index contributed by atoms with van der Waals surface area (Å²) < 4.78 is 21.1. The Kier molecular flexibility index (Phi) is 13.0. The number of nitrogens with two attached hydrogens (primary N) is 1. The lowest BCUT2D eigenvalue weighted by Gasteiger charge is -2.28. The summed E-state index contributed by atoms with van der Waals surface area (Å²) in [7, 11) is 0. The van der Waals surface area contributed by atoms with Gasteiger partial charge < -0.3 is 25.1 Å². The molecule has 0 aliphatic heterocycles. The zero-order valence-corrected chi connectivity index (χ0v) is 37.3. The van der Waals surface area contributed by atoms with E-state index in [0.29, 0.717) is 55.7 Å². The molecule has 0 atom stereocenters. The molecule has 0 heterocycles. The van der Waals surface area contributed by atoms with Crippen molar-refractivity contribution in [3.05, 3.63) is 108 Å². The summed E-state index contributed by atoms with van der Waals surface area (Å²) in [5.74, 6) is 2.95. The van der Waals surface area contributed by atoms with Crippen LogP contribution in [0.25, 0.3) is 0 Å². The standard InChI is InChI=1S/C49H66BrNO4/c1-13-16-53-44-31-19-30-29-41(51)42(50)40(43(30)52)28-36-27-39(49(10,11)12)26-35(46(36)55-18-15-3)21-34-25-38(48(7,8)9)24-33(45(34)54-17-14-2)20-32(44)23-37(22-31)47(4,5)6/h22-27,29,52H,13-21,28,51H2,1-12H3. The van der Waals surface area contributed by atoms with Crippen molar-refractivity contribution in [1.29, 1.82) is 0 Å². The van der Waals surface area contributed by atoms with Gasteiger partial charge in [-0.15, -0.1) is 0 Å². The van der Waals surface area contributed by atoms with Crippen molar-refractivity contribution < 1.29 is 19.3 Å². The zero-order chi connectivity index (χ0) is 40.5. The van der Waals surface area contributed by atoms with Crippen LogP contribution in [0.1, 0.15) is 164 Å². The molecule has 0 aromatic heterocycles. The van der Waals surface area contributed by atoms with Gasteiger partial charge in [-0.05, 0) is 108 Å². The Morgan fingerprint density at radius 3 is 1.09 bits per heavy atom. The number of hydrogen-bond donors (Lipinski definition) is 2. The van der Waals surface area contributed by atoms with Crippen molar-refractivity contribution in [2.75, 3.05) is 25.6 Å². The molecule has 8 bridgehead atoms. The van der Waals surface area contributed by atoms with Crippen molar-refractivity contribution in [1.82, 2.24) is 0 Å². The molecule has 1 aliphatic carbocycles. The monoisotopic (exact) mass is 811 g/mol. The third-order valence-electron chi connectivity index (χ3n) is 10.6. The number of phenolic OH excluding ortho intramolecular Hbond substituents is 1. The number of halogens is 1. The van der Waals surface area contributed by atoms with E-state index in [4.69, 9.17) is 19.9 Å². The first-order valence-electron chi connectivity index (χ1n) is 20.4. The van der Waals surface area contributed by atoms with E-state index >= 15 is 0 Å². The minimum absolute atomic E-state index is 0.0972. The highest BCUT2D eigenvalue weighted by Gasteiger charge is 2.28. The highest BCUT2D eigenvalue weighted by atomic mass is 79.9. The van der Waals surface area contributed by atoms with Crippen molar-refractivity contribution >= 4 is 21.6 Å². The van der Waals surface area contributed by atoms with Crippen molar-refractivity contribution in [3.8, 4) is 23.0 Å². The molecule has 0 spiro atoms. The summed E-state index contributed by atoms with van der Waals surface area (Å²) in [4.78, 5) is 0. The molecular weight excluding hydrogens is 746 g/mol. The topological polar surface area (TPSA) is 73.9 Å². The van der Waals surface area contributed by atoms with Crippen LogP contribution >= 0.6 is 15.9 Å². The van der Waals surface area contributed by atoms with E-state index in [1.807, 2.05) is 6.07 Å². The van der Waals surface area contributed by atoms with Crippen LogP contribution in [0.15, 0.2) is 46.9 Å². The molecule has 4 aromatic rings. The summed E-state index contributed by atoms with van der Waals surface area (Å²) >= 11 is 3.81. The molecule has 0 amide bonds. The number of hydrogen-bond acceptors (Lipinski definition) is 5. The van der Waals surface area contributed by atoms with Crippen LogP contribution < -0.4 is 19.9 Å². The molecule has 5 nitrogen and oxygen atoms in total. The number of fused-ring (bicyclic) bond motifs is 8. The van der Waals surface area contributed by atoms with Crippen LogP contribution in [0.3, 0.4) is 0 Å².